The van der Waals surface area contributed by atoms with Gasteiger partial charge in [0.05, 0.1) is 22.5 Å². The quantitative estimate of drug-likeness (QED) is 0.489. The molecule has 2 aromatic heterocycles. The Bertz CT molecular complexity index is 812. The normalized spacial score (nSPS) is 11.8. The molecule has 0 N–H and O–H groups in total. The molecule has 6 heteroatoms. The van der Waals surface area contributed by atoms with E-state index in [1.807, 2.05) is 0 Å². The van der Waals surface area contributed by atoms with Gasteiger partial charge in [0.15, 0.2) is 0 Å². The van der Waals surface area contributed by atoms with Crippen LogP contribution in [-0.2, 0) is 6.18 Å². The minimum atomic E-state index is -4.52. The van der Waals surface area contributed by atoms with E-state index in [9.17, 15) is 17.6 Å². The van der Waals surface area contributed by atoms with Crippen molar-refractivity contribution in [2.75, 3.05) is 0 Å². The highest BCUT2D eigenvalue weighted by Crippen LogP contribution is 2.36. The molecule has 3 rings (SSSR count). The van der Waals surface area contributed by atoms with Crippen molar-refractivity contribution in [1.29, 1.82) is 0 Å². The van der Waals surface area contributed by atoms with Crippen molar-refractivity contribution in [2.24, 2.45) is 0 Å². The van der Waals surface area contributed by atoms with Crippen LogP contribution in [0.3, 0.4) is 0 Å². The largest absolute Gasteiger partial charge is 0.417 e. The molecule has 21 heavy (non-hydrogen) atoms. The van der Waals surface area contributed by atoms with Gasteiger partial charge in [-0.25, -0.2) is 9.97 Å². The van der Waals surface area contributed by atoms with Gasteiger partial charge in [-0.3, -0.25) is 0 Å². The molecule has 0 saturated carbocycles. The van der Waals surface area contributed by atoms with Crippen LogP contribution >= 0.6 is 0 Å². The van der Waals surface area contributed by atoms with Gasteiger partial charge in [0, 0.05) is 5.39 Å². The lowest BCUT2D eigenvalue weighted by Crippen LogP contribution is -2.07. The van der Waals surface area contributed by atoms with Crippen molar-refractivity contribution in [2.45, 2.75) is 6.18 Å². The summed E-state index contributed by atoms with van der Waals surface area (Å²) in [6.07, 6.45) is -4.52. The number of alkyl halides is 3. The summed E-state index contributed by atoms with van der Waals surface area (Å²) >= 11 is 0. The number of halogens is 4. The number of nitrogens with zero attached hydrogens (tertiary/aromatic N) is 2. The van der Waals surface area contributed by atoms with Crippen molar-refractivity contribution < 1.29 is 17.6 Å². The minimum absolute atomic E-state index is 0.00477. The van der Waals surface area contributed by atoms with Crippen LogP contribution in [0.2, 0.25) is 0 Å². The summed E-state index contributed by atoms with van der Waals surface area (Å²) in [6, 6.07) is 10.8. The summed E-state index contributed by atoms with van der Waals surface area (Å²) in [7, 11) is 0. The third-order valence-electron chi connectivity index (χ3n) is 3.00. The number of benzene rings is 1. The van der Waals surface area contributed by atoms with Crippen molar-refractivity contribution in [3.8, 4) is 11.4 Å². The SMILES string of the molecule is Fc1cccc(-c2cc(C(F)(F)F)c3ccccc3n2)n1. The van der Waals surface area contributed by atoms with Crippen LogP contribution in [0.5, 0.6) is 0 Å². The summed E-state index contributed by atoms with van der Waals surface area (Å²) in [5.41, 5.74) is -0.575. The van der Waals surface area contributed by atoms with Gasteiger partial charge in [0.25, 0.3) is 0 Å². The Kier molecular flexibility index (Phi) is 3.08. The van der Waals surface area contributed by atoms with Gasteiger partial charge >= 0.3 is 6.18 Å². The molecule has 0 aliphatic rings. The van der Waals surface area contributed by atoms with Crippen LogP contribution < -0.4 is 0 Å². The predicted octanol–water partition coefficient (Wildman–Crippen LogP) is 4.45. The molecule has 0 bridgehead atoms. The first kappa shape index (κ1) is 13.5. The zero-order chi connectivity index (χ0) is 15.0. The smallest absolute Gasteiger partial charge is 0.246 e. The zero-order valence-corrected chi connectivity index (χ0v) is 10.5. The number of aromatic nitrogens is 2. The third-order valence-corrected chi connectivity index (χ3v) is 3.00. The molecule has 0 radical (unpaired) electrons. The van der Waals surface area contributed by atoms with E-state index in [1.165, 1.54) is 30.3 Å². The van der Waals surface area contributed by atoms with Gasteiger partial charge in [0.1, 0.15) is 0 Å². The summed E-state index contributed by atoms with van der Waals surface area (Å²) in [5.74, 6) is -0.768. The lowest BCUT2D eigenvalue weighted by atomic mass is 10.1. The zero-order valence-electron chi connectivity index (χ0n) is 10.5. The maximum Gasteiger partial charge on any atom is 0.417 e. The lowest BCUT2D eigenvalue weighted by molar-refractivity contribution is -0.136. The van der Waals surface area contributed by atoms with E-state index in [0.29, 0.717) is 0 Å². The highest BCUT2D eigenvalue weighted by atomic mass is 19.4. The average Bonchev–Trinajstić information content (AvgIpc) is 2.45. The van der Waals surface area contributed by atoms with Crippen molar-refractivity contribution >= 4 is 10.9 Å². The molecule has 106 valence electrons. The summed E-state index contributed by atoms with van der Waals surface area (Å²) in [6.45, 7) is 0. The Hall–Kier alpha value is -2.50. The van der Waals surface area contributed by atoms with Crippen LogP contribution in [0.4, 0.5) is 17.6 Å². The number of hydrogen-bond donors (Lipinski definition) is 0. The Morgan fingerprint density at radius 1 is 0.810 bits per heavy atom. The van der Waals surface area contributed by atoms with E-state index in [4.69, 9.17) is 0 Å². The maximum atomic E-state index is 13.2. The summed E-state index contributed by atoms with van der Waals surface area (Å²) in [5, 5.41) is 0.00477. The molecule has 0 saturated heterocycles. The molecular formula is C15H8F4N2. The van der Waals surface area contributed by atoms with E-state index in [-0.39, 0.29) is 22.3 Å². The Morgan fingerprint density at radius 2 is 1.57 bits per heavy atom. The van der Waals surface area contributed by atoms with E-state index < -0.39 is 17.7 Å². The molecule has 2 nitrogen and oxygen atoms in total. The molecule has 1 aromatic carbocycles. The Balaban J connectivity index is 2.31. The van der Waals surface area contributed by atoms with Gasteiger partial charge in [-0.1, -0.05) is 24.3 Å². The Morgan fingerprint density at radius 3 is 2.29 bits per heavy atom. The molecule has 0 unspecified atom stereocenters. The van der Waals surface area contributed by atoms with Crippen molar-refractivity contribution in [3.63, 3.8) is 0 Å². The highest BCUT2D eigenvalue weighted by Gasteiger charge is 2.33. The standard InChI is InChI=1S/C15H8F4N2/c16-14-7-3-6-12(21-14)13-8-10(15(17,18)19)9-4-1-2-5-11(9)20-13/h1-8H. The number of para-hydroxylation sites is 1. The molecular weight excluding hydrogens is 284 g/mol. The fourth-order valence-corrected chi connectivity index (χ4v) is 2.09. The molecule has 0 spiro atoms. The van der Waals surface area contributed by atoms with Gasteiger partial charge in [-0.05, 0) is 24.3 Å². The fraction of sp³-hybridized carbons (Fsp3) is 0.0667. The number of hydrogen-bond acceptors (Lipinski definition) is 2. The van der Waals surface area contributed by atoms with Gasteiger partial charge < -0.3 is 0 Å². The fourth-order valence-electron chi connectivity index (χ4n) is 2.09. The Labute approximate surface area is 117 Å². The first-order valence-electron chi connectivity index (χ1n) is 6.05. The van der Waals surface area contributed by atoms with Crippen molar-refractivity contribution in [3.05, 3.63) is 60.0 Å². The monoisotopic (exact) mass is 292 g/mol. The second-order valence-electron chi connectivity index (χ2n) is 4.42. The first-order chi connectivity index (χ1) is 9.95. The van der Waals surface area contributed by atoms with Gasteiger partial charge in [-0.2, -0.15) is 17.6 Å². The van der Waals surface area contributed by atoms with Gasteiger partial charge in [-0.15, -0.1) is 0 Å². The lowest BCUT2D eigenvalue weighted by Gasteiger charge is -2.12. The first-order valence-corrected chi connectivity index (χ1v) is 6.05. The number of pyridine rings is 2. The highest BCUT2D eigenvalue weighted by molar-refractivity contribution is 5.85. The number of fused-ring (bicyclic) bond motifs is 1. The van der Waals surface area contributed by atoms with Crippen LogP contribution in [0, 0.1) is 5.95 Å². The second kappa shape index (κ2) is 4.80. The van der Waals surface area contributed by atoms with Crippen LogP contribution in [0.25, 0.3) is 22.3 Å². The summed E-state index contributed by atoms with van der Waals surface area (Å²) in [4.78, 5) is 7.71. The van der Waals surface area contributed by atoms with Crippen LogP contribution in [0.1, 0.15) is 5.56 Å². The second-order valence-corrected chi connectivity index (χ2v) is 4.42. The predicted molar refractivity (Wildman–Crippen MR) is 69.9 cm³/mol. The molecule has 2 heterocycles. The van der Waals surface area contributed by atoms with E-state index >= 15 is 0 Å². The van der Waals surface area contributed by atoms with E-state index in [2.05, 4.69) is 9.97 Å². The van der Waals surface area contributed by atoms with Crippen LogP contribution in [0.15, 0.2) is 48.5 Å². The van der Waals surface area contributed by atoms with Crippen LogP contribution in [-0.4, -0.2) is 9.97 Å². The molecule has 0 aliphatic heterocycles. The molecule has 0 amide bonds. The topological polar surface area (TPSA) is 25.8 Å². The number of rotatable bonds is 1. The average molecular weight is 292 g/mol. The molecule has 0 atom stereocenters. The van der Waals surface area contributed by atoms with Gasteiger partial charge in [0.2, 0.25) is 5.95 Å². The van der Waals surface area contributed by atoms with Crippen molar-refractivity contribution in [1.82, 2.24) is 9.97 Å². The minimum Gasteiger partial charge on any atom is -0.246 e. The third kappa shape index (κ3) is 2.56. The molecule has 0 fully saturated rings. The molecule has 0 aliphatic carbocycles. The maximum absolute atomic E-state index is 13.2. The van der Waals surface area contributed by atoms with E-state index in [1.54, 1.807) is 6.07 Å². The molecule has 3 aromatic rings. The van der Waals surface area contributed by atoms with E-state index in [0.717, 1.165) is 12.1 Å². The summed E-state index contributed by atoms with van der Waals surface area (Å²) < 4.78 is 52.7.